The van der Waals surface area contributed by atoms with E-state index in [1.54, 1.807) is 0 Å². The molecule has 18 nitrogen and oxygen atoms in total. The van der Waals surface area contributed by atoms with Crippen molar-refractivity contribution in [3.63, 3.8) is 0 Å². The number of benzene rings is 3. The summed E-state index contributed by atoms with van der Waals surface area (Å²) >= 11 is 0. The van der Waals surface area contributed by atoms with E-state index in [2.05, 4.69) is 16.0 Å². The van der Waals surface area contributed by atoms with E-state index in [0.29, 0.717) is 0 Å². The molecular formula is C30H33FeN3O15. The van der Waals surface area contributed by atoms with E-state index in [9.17, 15) is 60.3 Å². The molecule has 49 heavy (non-hydrogen) atoms. The van der Waals surface area contributed by atoms with Gasteiger partial charge in [0.05, 0.1) is 36.5 Å². The van der Waals surface area contributed by atoms with Gasteiger partial charge in [-0.1, -0.05) is 18.2 Å². The molecule has 0 bridgehead atoms. The van der Waals surface area contributed by atoms with Gasteiger partial charge in [-0.2, -0.15) is 0 Å². The average Bonchev–Trinajstić information content (AvgIpc) is 3.05. The number of phenolic OH excluding ortho intramolecular Hbond substituents is 6. The Labute approximate surface area is 287 Å². The van der Waals surface area contributed by atoms with Crippen molar-refractivity contribution in [3.05, 3.63) is 71.3 Å². The molecule has 19 heteroatoms. The third-order valence-corrected chi connectivity index (χ3v) is 7.10. The van der Waals surface area contributed by atoms with Crippen LogP contribution < -0.4 is 16.0 Å². The fraction of sp³-hybridized carbons (Fsp3) is 0.300. The molecule has 12 N–H and O–H groups in total. The second kappa shape index (κ2) is 17.0. The van der Waals surface area contributed by atoms with Gasteiger partial charge in [0.15, 0.2) is 53.4 Å². The molecule has 1 heterocycles. The molecule has 1 aliphatic heterocycles. The Morgan fingerprint density at radius 2 is 0.735 bits per heavy atom. The number of rotatable bonds is 6. The minimum Gasteiger partial charge on any atom is -0.504 e. The summed E-state index contributed by atoms with van der Waals surface area (Å²) in [5.41, 5.74) is -1.24. The van der Waals surface area contributed by atoms with Gasteiger partial charge < -0.3 is 76.1 Å². The van der Waals surface area contributed by atoms with Crippen LogP contribution in [-0.2, 0) is 31.3 Å². The first-order chi connectivity index (χ1) is 22.8. The molecule has 1 saturated heterocycles. The van der Waals surface area contributed by atoms with Gasteiger partial charge in [0.25, 0.3) is 17.7 Å². The molecule has 3 amide bonds. The number of aliphatic hydroxyl groups is 3. The fourth-order valence-electron chi connectivity index (χ4n) is 4.42. The van der Waals surface area contributed by atoms with Crippen molar-refractivity contribution >= 4 is 17.7 Å². The number of phenols is 6. The summed E-state index contributed by atoms with van der Waals surface area (Å²) in [6.45, 7) is -2.18. The molecule has 3 aromatic carbocycles. The van der Waals surface area contributed by atoms with Crippen molar-refractivity contribution in [1.29, 1.82) is 0 Å². The fourth-order valence-corrected chi connectivity index (χ4v) is 4.42. The molecule has 0 spiro atoms. The minimum atomic E-state index is -2.00. The average molecular weight is 731 g/mol. The van der Waals surface area contributed by atoms with Gasteiger partial charge in [-0.3, -0.25) is 14.4 Å². The molecule has 6 unspecified atom stereocenters. The third-order valence-electron chi connectivity index (χ3n) is 7.10. The molecule has 3 aromatic rings. The van der Waals surface area contributed by atoms with Crippen LogP contribution in [0, 0.1) is 0 Å². The summed E-state index contributed by atoms with van der Waals surface area (Å²) in [5, 5.41) is 99.3. The molecule has 4 rings (SSSR count). The van der Waals surface area contributed by atoms with Crippen LogP contribution in [-0.4, -0.2) is 120 Å². The van der Waals surface area contributed by atoms with E-state index in [1.807, 2.05) is 0 Å². The predicted octanol–water partition coefficient (Wildman–Crippen LogP) is -1.37. The van der Waals surface area contributed by atoms with Crippen molar-refractivity contribution in [3.8, 4) is 34.5 Å². The largest absolute Gasteiger partial charge is 0.504 e. The Kier molecular flexibility index (Phi) is 13.4. The maximum Gasteiger partial charge on any atom is 0.255 e. The van der Waals surface area contributed by atoms with Crippen molar-refractivity contribution in [2.75, 3.05) is 19.8 Å². The number of para-hydroxylation sites is 3. The predicted molar refractivity (Wildman–Crippen MR) is 159 cm³/mol. The summed E-state index contributed by atoms with van der Waals surface area (Å²) < 4.78 is 16.1. The maximum absolute atomic E-state index is 13.0. The zero-order valence-electron chi connectivity index (χ0n) is 25.1. The molecular weight excluding hydrogens is 698 g/mol. The zero-order valence-corrected chi connectivity index (χ0v) is 26.2. The van der Waals surface area contributed by atoms with Gasteiger partial charge in [-0.25, -0.2) is 0 Å². The number of ether oxygens (including phenoxy) is 3. The van der Waals surface area contributed by atoms with E-state index in [1.165, 1.54) is 18.2 Å². The Morgan fingerprint density at radius 3 is 0.980 bits per heavy atom. The van der Waals surface area contributed by atoms with Crippen LogP contribution in [0.1, 0.15) is 31.1 Å². The second-order valence-corrected chi connectivity index (χ2v) is 10.4. The zero-order chi connectivity index (χ0) is 35.1. The first-order valence-electron chi connectivity index (χ1n) is 14.1. The second-order valence-electron chi connectivity index (χ2n) is 10.4. The number of aromatic hydroxyl groups is 6. The molecule has 1 fully saturated rings. The number of carbonyl (C=O) groups is 3. The molecule has 0 saturated carbocycles. The van der Waals surface area contributed by atoms with E-state index in [-0.39, 0.29) is 17.1 Å². The van der Waals surface area contributed by atoms with Crippen LogP contribution in [0.15, 0.2) is 54.6 Å². The summed E-state index contributed by atoms with van der Waals surface area (Å²) in [6.07, 6.45) is -6.01. The summed E-state index contributed by atoms with van der Waals surface area (Å²) in [5.74, 6) is -7.29. The van der Waals surface area contributed by atoms with E-state index in [4.69, 9.17) is 14.2 Å². The molecule has 0 radical (unpaired) electrons. The van der Waals surface area contributed by atoms with Crippen LogP contribution in [0.5, 0.6) is 34.5 Å². The topological polar surface area (TPSA) is 297 Å². The molecule has 0 aliphatic carbocycles. The van der Waals surface area contributed by atoms with E-state index < -0.39 is 126 Å². The van der Waals surface area contributed by atoms with Crippen LogP contribution in [0.3, 0.4) is 0 Å². The number of hydrogen-bond acceptors (Lipinski definition) is 15. The number of hydrogen-bond donors (Lipinski definition) is 12. The molecule has 6 atom stereocenters. The number of aliphatic hydroxyl groups excluding tert-OH is 3. The van der Waals surface area contributed by atoms with Crippen molar-refractivity contribution < 1.29 is 91.6 Å². The first-order valence-corrected chi connectivity index (χ1v) is 14.1. The van der Waals surface area contributed by atoms with Crippen LogP contribution in [0.4, 0.5) is 0 Å². The van der Waals surface area contributed by atoms with Gasteiger partial charge >= 0.3 is 0 Å². The quantitative estimate of drug-likeness (QED) is 0.103. The van der Waals surface area contributed by atoms with E-state index in [0.717, 1.165) is 36.4 Å². The SMILES string of the molecule is O=C(NC1COC(O)C(NC(=O)c2cccc(O)c2O)COC(O)C(NC(=O)c2cccc(O)c2O)COC1O)c1cccc(O)c1O.[Fe]. The molecule has 0 aromatic heterocycles. The van der Waals surface area contributed by atoms with Crippen molar-refractivity contribution in [1.82, 2.24) is 16.0 Å². The smallest absolute Gasteiger partial charge is 0.255 e. The monoisotopic (exact) mass is 731 g/mol. The summed E-state index contributed by atoms with van der Waals surface area (Å²) in [6, 6.07) is 5.92. The summed E-state index contributed by atoms with van der Waals surface area (Å²) in [7, 11) is 0. The Hall–Kier alpha value is -4.85. The maximum atomic E-state index is 13.0. The van der Waals surface area contributed by atoms with Crippen molar-refractivity contribution in [2.24, 2.45) is 0 Å². The summed E-state index contributed by atoms with van der Waals surface area (Å²) in [4.78, 5) is 38.9. The van der Waals surface area contributed by atoms with Gasteiger partial charge in [-0.05, 0) is 36.4 Å². The number of amides is 3. The Morgan fingerprint density at radius 1 is 0.490 bits per heavy atom. The number of nitrogens with one attached hydrogen (secondary N) is 3. The van der Waals surface area contributed by atoms with Crippen molar-refractivity contribution in [2.45, 2.75) is 37.0 Å². The van der Waals surface area contributed by atoms with Crippen LogP contribution >= 0.6 is 0 Å². The molecule has 266 valence electrons. The van der Waals surface area contributed by atoms with Gasteiger partial charge in [0, 0.05) is 17.1 Å². The van der Waals surface area contributed by atoms with Gasteiger partial charge in [0.2, 0.25) is 0 Å². The molecule has 1 aliphatic rings. The van der Waals surface area contributed by atoms with Crippen LogP contribution in [0.2, 0.25) is 0 Å². The Bertz CT molecular complexity index is 1460. The van der Waals surface area contributed by atoms with Gasteiger partial charge in [0.1, 0.15) is 18.1 Å². The standard InChI is InChI=1S/C30H33N3O15.Fe/c34-19-7-1-4-13(22(19)37)25(40)31-16-10-46-29(44)18(33-27(42)15-6-3-9-21(36)24(15)39)12-48-30(45)17(11-47-28(16)43)32-26(41)14-5-2-8-20(35)23(14)38;/h1-9,16-18,28-30,34-39,43-45H,10-12H2,(H,31,40)(H,32,41)(H,33,42);. The van der Waals surface area contributed by atoms with Gasteiger partial charge in [-0.15, -0.1) is 0 Å². The third kappa shape index (κ3) is 9.40. The van der Waals surface area contributed by atoms with Crippen LogP contribution in [0.25, 0.3) is 0 Å². The number of carbonyl (C=O) groups excluding carboxylic acids is 3. The normalized spacial score (nSPS) is 23.1. The minimum absolute atomic E-state index is 0. The Balaban J connectivity index is 0.00000650. The first kappa shape index (κ1) is 38.6. The van der Waals surface area contributed by atoms with E-state index >= 15 is 0 Å².